The van der Waals surface area contributed by atoms with E-state index in [1.165, 1.54) is 12.5 Å². The molecule has 2 amide bonds. The van der Waals surface area contributed by atoms with Gasteiger partial charge in [-0.25, -0.2) is 0 Å². The first kappa shape index (κ1) is 18.3. The first-order valence-electron chi connectivity index (χ1n) is 8.58. The zero-order chi connectivity index (χ0) is 17.4. The van der Waals surface area contributed by atoms with Gasteiger partial charge in [0.2, 0.25) is 11.8 Å². The fourth-order valence-corrected chi connectivity index (χ4v) is 3.03. The van der Waals surface area contributed by atoms with E-state index in [1.807, 2.05) is 19.1 Å². The number of ether oxygens (including phenoxy) is 1. The predicted octanol–water partition coefficient (Wildman–Crippen LogP) is 1.47. The van der Waals surface area contributed by atoms with Gasteiger partial charge in [0, 0.05) is 26.1 Å². The van der Waals surface area contributed by atoms with E-state index >= 15 is 0 Å². The van der Waals surface area contributed by atoms with Crippen LogP contribution < -0.4 is 15.4 Å². The summed E-state index contributed by atoms with van der Waals surface area (Å²) < 4.78 is 5.48. The highest BCUT2D eigenvalue weighted by molar-refractivity contribution is 5.78. The highest BCUT2D eigenvalue weighted by Gasteiger charge is 2.27. The lowest BCUT2D eigenvalue weighted by Gasteiger charge is -2.24. The normalized spacial score (nSPS) is 17.5. The minimum Gasteiger partial charge on any atom is -0.494 e. The van der Waals surface area contributed by atoms with Crippen molar-refractivity contribution in [3.8, 4) is 5.75 Å². The molecule has 2 rings (SSSR count). The van der Waals surface area contributed by atoms with Gasteiger partial charge in [-0.3, -0.25) is 14.5 Å². The Balaban J connectivity index is 1.83. The molecule has 1 aliphatic rings. The zero-order valence-corrected chi connectivity index (χ0v) is 14.5. The number of nitrogens with zero attached hydrogens (tertiary/aromatic N) is 1. The molecule has 6 nitrogen and oxygen atoms in total. The van der Waals surface area contributed by atoms with Crippen LogP contribution in [-0.4, -0.2) is 49.5 Å². The summed E-state index contributed by atoms with van der Waals surface area (Å²) in [6, 6.07) is 8.43. The summed E-state index contributed by atoms with van der Waals surface area (Å²) in [7, 11) is 0. The van der Waals surface area contributed by atoms with Crippen molar-refractivity contribution in [3.05, 3.63) is 29.8 Å². The van der Waals surface area contributed by atoms with Crippen LogP contribution >= 0.6 is 0 Å². The molecule has 0 radical (unpaired) electrons. The van der Waals surface area contributed by atoms with E-state index in [4.69, 9.17) is 4.74 Å². The number of benzene rings is 1. The van der Waals surface area contributed by atoms with Crippen LogP contribution in [0.2, 0.25) is 0 Å². The van der Waals surface area contributed by atoms with E-state index < -0.39 is 0 Å². The molecule has 1 aromatic carbocycles. The van der Waals surface area contributed by atoms with Gasteiger partial charge in [0.15, 0.2) is 0 Å². The van der Waals surface area contributed by atoms with Gasteiger partial charge in [-0.15, -0.1) is 0 Å². The number of amides is 2. The second kappa shape index (κ2) is 9.27. The van der Waals surface area contributed by atoms with Crippen LogP contribution in [0.3, 0.4) is 0 Å². The third kappa shape index (κ3) is 5.53. The van der Waals surface area contributed by atoms with Gasteiger partial charge in [-0.2, -0.15) is 0 Å². The van der Waals surface area contributed by atoms with E-state index in [1.54, 1.807) is 0 Å². The zero-order valence-electron chi connectivity index (χ0n) is 14.5. The van der Waals surface area contributed by atoms with Crippen LogP contribution in [0.25, 0.3) is 0 Å². The third-order valence-corrected chi connectivity index (χ3v) is 4.11. The molecule has 0 bridgehead atoms. The van der Waals surface area contributed by atoms with Crippen molar-refractivity contribution in [2.24, 2.45) is 0 Å². The Morgan fingerprint density at radius 1 is 1.21 bits per heavy atom. The van der Waals surface area contributed by atoms with Crippen LogP contribution in [0.4, 0.5) is 0 Å². The standard InChI is InChI=1S/C18H27N3O3/c1-3-24-16-8-6-15(7-9-16)17-5-4-12-21(17)13-18(23)20-11-10-19-14(2)22/h6-9,17H,3-5,10-13H2,1-2H3,(H,19,22)(H,20,23). The summed E-state index contributed by atoms with van der Waals surface area (Å²) in [6.45, 7) is 6.33. The second-order valence-electron chi connectivity index (χ2n) is 5.96. The number of rotatable bonds is 8. The minimum atomic E-state index is -0.0839. The quantitative estimate of drug-likeness (QED) is 0.707. The lowest BCUT2D eigenvalue weighted by atomic mass is 10.0. The molecular weight excluding hydrogens is 306 g/mol. The summed E-state index contributed by atoms with van der Waals surface area (Å²) in [5, 5.41) is 5.51. The molecule has 1 heterocycles. The number of hydrogen-bond donors (Lipinski definition) is 2. The van der Waals surface area contributed by atoms with Gasteiger partial charge in [0.25, 0.3) is 0 Å². The van der Waals surface area contributed by atoms with Crippen molar-refractivity contribution < 1.29 is 14.3 Å². The molecule has 0 spiro atoms. The molecule has 0 aromatic heterocycles. The number of carbonyl (C=O) groups is 2. The molecule has 2 N–H and O–H groups in total. The van der Waals surface area contributed by atoms with Gasteiger partial charge in [0.05, 0.1) is 13.2 Å². The maximum Gasteiger partial charge on any atom is 0.234 e. The average Bonchev–Trinajstić information content (AvgIpc) is 3.00. The number of hydrogen-bond acceptors (Lipinski definition) is 4. The summed E-state index contributed by atoms with van der Waals surface area (Å²) in [5.41, 5.74) is 1.22. The van der Waals surface area contributed by atoms with Crippen LogP contribution in [0.5, 0.6) is 5.75 Å². The van der Waals surface area contributed by atoms with Crippen molar-refractivity contribution in [1.82, 2.24) is 15.5 Å². The maximum absolute atomic E-state index is 12.1. The van der Waals surface area contributed by atoms with Crippen LogP contribution in [-0.2, 0) is 9.59 Å². The highest BCUT2D eigenvalue weighted by atomic mass is 16.5. The van der Waals surface area contributed by atoms with Crippen molar-refractivity contribution >= 4 is 11.8 Å². The number of carbonyl (C=O) groups excluding carboxylic acids is 2. The maximum atomic E-state index is 12.1. The largest absolute Gasteiger partial charge is 0.494 e. The second-order valence-corrected chi connectivity index (χ2v) is 5.96. The smallest absolute Gasteiger partial charge is 0.234 e. The van der Waals surface area contributed by atoms with Crippen molar-refractivity contribution in [2.75, 3.05) is 32.8 Å². The van der Waals surface area contributed by atoms with Gasteiger partial charge in [0.1, 0.15) is 5.75 Å². The van der Waals surface area contributed by atoms with Gasteiger partial charge < -0.3 is 15.4 Å². The Morgan fingerprint density at radius 2 is 1.92 bits per heavy atom. The predicted molar refractivity (Wildman–Crippen MR) is 92.9 cm³/mol. The SMILES string of the molecule is CCOc1ccc(C2CCCN2CC(=O)NCCNC(C)=O)cc1. The van der Waals surface area contributed by atoms with Crippen molar-refractivity contribution in [2.45, 2.75) is 32.7 Å². The van der Waals surface area contributed by atoms with E-state index in [2.05, 4.69) is 27.7 Å². The molecule has 0 aliphatic carbocycles. The summed E-state index contributed by atoms with van der Waals surface area (Å²) in [4.78, 5) is 25.1. The molecule has 1 aromatic rings. The minimum absolute atomic E-state index is 0.00168. The third-order valence-electron chi connectivity index (χ3n) is 4.11. The highest BCUT2D eigenvalue weighted by Crippen LogP contribution is 2.32. The summed E-state index contributed by atoms with van der Waals surface area (Å²) >= 11 is 0. The van der Waals surface area contributed by atoms with Gasteiger partial charge >= 0.3 is 0 Å². The Kier molecular flexibility index (Phi) is 7.06. The molecule has 1 unspecified atom stereocenters. The fourth-order valence-electron chi connectivity index (χ4n) is 3.03. The number of likely N-dealkylation sites (tertiary alicyclic amines) is 1. The van der Waals surface area contributed by atoms with E-state index in [9.17, 15) is 9.59 Å². The molecule has 1 saturated heterocycles. The van der Waals surface area contributed by atoms with E-state index in [0.29, 0.717) is 26.2 Å². The first-order valence-corrected chi connectivity index (χ1v) is 8.58. The van der Waals surface area contributed by atoms with Crippen LogP contribution in [0, 0.1) is 0 Å². The number of nitrogens with one attached hydrogen (secondary N) is 2. The Morgan fingerprint density at radius 3 is 2.58 bits per heavy atom. The first-order chi connectivity index (χ1) is 11.6. The molecule has 1 atom stereocenters. The average molecular weight is 333 g/mol. The Bertz CT molecular complexity index is 545. The molecule has 132 valence electrons. The Labute approximate surface area is 143 Å². The van der Waals surface area contributed by atoms with Crippen LogP contribution in [0.15, 0.2) is 24.3 Å². The lowest BCUT2D eigenvalue weighted by molar-refractivity contribution is -0.123. The van der Waals surface area contributed by atoms with Crippen molar-refractivity contribution in [3.63, 3.8) is 0 Å². The summed E-state index contributed by atoms with van der Waals surface area (Å²) in [6.07, 6.45) is 2.16. The fraction of sp³-hybridized carbons (Fsp3) is 0.556. The monoisotopic (exact) mass is 333 g/mol. The summed E-state index contributed by atoms with van der Waals surface area (Å²) in [5.74, 6) is 0.791. The molecule has 1 fully saturated rings. The molecule has 1 aliphatic heterocycles. The lowest BCUT2D eigenvalue weighted by Crippen LogP contribution is -2.40. The molecule has 0 saturated carbocycles. The Hall–Kier alpha value is -2.08. The van der Waals surface area contributed by atoms with Gasteiger partial charge in [-0.1, -0.05) is 12.1 Å². The van der Waals surface area contributed by atoms with E-state index in [0.717, 1.165) is 25.1 Å². The van der Waals surface area contributed by atoms with E-state index in [-0.39, 0.29) is 17.9 Å². The molecular formula is C18H27N3O3. The topological polar surface area (TPSA) is 70.7 Å². The van der Waals surface area contributed by atoms with Gasteiger partial charge in [-0.05, 0) is 44.0 Å². The van der Waals surface area contributed by atoms with Crippen LogP contribution in [0.1, 0.15) is 38.3 Å². The van der Waals surface area contributed by atoms with Crippen molar-refractivity contribution in [1.29, 1.82) is 0 Å². The molecule has 24 heavy (non-hydrogen) atoms. The molecule has 6 heteroatoms.